The third-order valence-electron chi connectivity index (χ3n) is 4.05. The number of benzene rings is 1. The molecule has 1 aromatic carbocycles. The average molecular weight is 266 g/mol. The lowest BCUT2D eigenvalue weighted by atomic mass is 9.94. The van der Waals surface area contributed by atoms with Crippen molar-refractivity contribution in [2.24, 2.45) is 0 Å². The van der Waals surface area contributed by atoms with E-state index in [0.29, 0.717) is 5.56 Å². The van der Waals surface area contributed by atoms with Gasteiger partial charge in [0.2, 0.25) is 0 Å². The Hall–Kier alpha value is -0.970. The highest BCUT2D eigenvalue weighted by Gasteiger charge is 2.48. The van der Waals surface area contributed by atoms with Gasteiger partial charge in [0.05, 0.1) is 6.61 Å². The van der Waals surface area contributed by atoms with Crippen LogP contribution in [-0.2, 0) is 9.47 Å². The number of hydrogen-bond donors (Lipinski definition) is 1. The third kappa shape index (κ3) is 2.40. The van der Waals surface area contributed by atoms with Gasteiger partial charge in [-0.05, 0) is 18.9 Å². The van der Waals surface area contributed by atoms with Crippen LogP contribution in [0.5, 0.6) is 0 Å². The third-order valence-corrected chi connectivity index (χ3v) is 4.05. The van der Waals surface area contributed by atoms with Crippen molar-refractivity contribution in [3.8, 4) is 0 Å². The summed E-state index contributed by atoms with van der Waals surface area (Å²) in [6.45, 7) is -0.152. The van der Waals surface area contributed by atoms with Crippen LogP contribution in [-0.4, -0.2) is 23.6 Å². The average Bonchev–Trinajstić information content (AvgIpc) is 2.78. The molecule has 2 atom stereocenters. The van der Waals surface area contributed by atoms with E-state index in [2.05, 4.69) is 0 Å². The van der Waals surface area contributed by atoms with Crippen molar-refractivity contribution in [3.05, 3.63) is 35.6 Å². The Labute approximate surface area is 112 Å². The molecule has 0 aromatic heterocycles. The highest BCUT2D eigenvalue weighted by atomic mass is 19.1. The summed E-state index contributed by atoms with van der Waals surface area (Å²) in [5.74, 6) is -0.916. The smallest absolute Gasteiger partial charge is 0.169 e. The molecule has 0 radical (unpaired) electrons. The minimum Gasteiger partial charge on any atom is -0.394 e. The SMILES string of the molecule is OC[C@H]1OC2(CCCCC2)O[C@@H]1c1ccccc1F. The Kier molecular flexibility index (Phi) is 3.56. The molecule has 104 valence electrons. The maximum atomic E-state index is 13.9. The van der Waals surface area contributed by atoms with E-state index >= 15 is 0 Å². The minimum atomic E-state index is -0.613. The van der Waals surface area contributed by atoms with Gasteiger partial charge in [-0.1, -0.05) is 24.6 Å². The topological polar surface area (TPSA) is 38.7 Å². The number of hydrogen-bond acceptors (Lipinski definition) is 3. The van der Waals surface area contributed by atoms with Gasteiger partial charge >= 0.3 is 0 Å². The second kappa shape index (κ2) is 5.19. The molecular formula is C15H19FO3. The highest BCUT2D eigenvalue weighted by molar-refractivity contribution is 5.22. The van der Waals surface area contributed by atoms with Crippen molar-refractivity contribution in [1.82, 2.24) is 0 Å². The summed E-state index contributed by atoms with van der Waals surface area (Å²) < 4.78 is 25.8. The Morgan fingerprint density at radius 3 is 2.58 bits per heavy atom. The maximum Gasteiger partial charge on any atom is 0.169 e. The van der Waals surface area contributed by atoms with Crippen molar-refractivity contribution in [2.75, 3.05) is 6.61 Å². The van der Waals surface area contributed by atoms with Crippen molar-refractivity contribution < 1.29 is 19.0 Å². The largest absolute Gasteiger partial charge is 0.394 e. The van der Waals surface area contributed by atoms with E-state index in [4.69, 9.17) is 9.47 Å². The molecular weight excluding hydrogens is 247 g/mol. The predicted octanol–water partition coefficient (Wildman–Crippen LogP) is 2.93. The number of aliphatic hydroxyl groups excluding tert-OH is 1. The normalized spacial score (nSPS) is 29.8. The van der Waals surface area contributed by atoms with Crippen LogP contribution in [0.15, 0.2) is 24.3 Å². The molecule has 1 aromatic rings. The first kappa shape index (κ1) is 13.0. The van der Waals surface area contributed by atoms with Gasteiger partial charge in [-0.2, -0.15) is 0 Å². The molecule has 19 heavy (non-hydrogen) atoms. The van der Waals surface area contributed by atoms with Crippen molar-refractivity contribution in [2.45, 2.75) is 50.1 Å². The van der Waals surface area contributed by atoms with E-state index in [1.54, 1.807) is 18.2 Å². The monoisotopic (exact) mass is 266 g/mol. The van der Waals surface area contributed by atoms with Gasteiger partial charge in [0, 0.05) is 18.4 Å². The van der Waals surface area contributed by atoms with Gasteiger partial charge in [-0.3, -0.25) is 0 Å². The van der Waals surface area contributed by atoms with Crippen molar-refractivity contribution >= 4 is 0 Å². The molecule has 1 aliphatic carbocycles. The molecule has 1 saturated heterocycles. The second-order valence-electron chi connectivity index (χ2n) is 5.37. The number of rotatable bonds is 2. The zero-order chi connectivity index (χ0) is 13.3. The first-order chi connectivity index (χ1) is 9.24. The van der Waals surface area contributed by atoms with Gasteiger partial charge in [0.25, 0.3) is 0 Å². The number of halogens is 1. The molecule has 2 aliphatic rings. The number of ether oxygens (including phenoxy) is 2. The lowest BCUT2D eigenvalue weighted by Gasteiger charge is -2.31. The van der Waals surface area contributed by atoms with Gasteiger partial charge < -0.3 is 14.6 Å². The van der Waals surface area contributed by atoms with Crippen LogP contribution in [0.25, 0.3) is 0 Å². The van der Waals surface area contributed by atoms with E-state index in [1.807, 2.05) is 0 Å². The Morgan fingerprint density at radius 2 is 1.89 bits per heavy atom. The van der Waals surface area contributed by atoms with Crippen LogP contribution in [0.4, 0.5) is 4.39 Å². The van der Waals surface area contributed by atoms with Crippen LogP contribution in [0, 0.1) is 5.82 Å². The molecule has 3 nitrogen and oxygen atoms in total. The standard InChI is InChI=1S/C15H19FO3/c16-12-7-3-2-6-11(12)14-13(10-17)18-15(19-14)8-4-1-5-9-15/h2-3,6-7,13-14,17H,1,4-5,8-10H2/t13-,14-/m1/s1. The van der Waals surface area contributed by atoms with Gasteiger partial charge in [0.1, 0.15) is 18.0 Å². The van der Waals surface area contributed by atoms with E-state index in [1.165, 1.54) is 12.5 Å². The molecule has 0 bridgehead atoms. The van der Waals surface area contributed by atoms with E-state index in [-0.39, 0.29) is 12.4 Å². The molecule has 1 saturated carbocycles. The summed E-state index contributed by atoms with van der Waals surface area (Å²) in [5, 5.41) is 9.48. The molecule has 1 heterocycles. The Balaban J connectivity index is 1.87. The summed E-state index contributed by atoms with van der Waals surface area (Å²) in [6, 6.07) is 6.55. The molecule has 1 aliphatic heterocycles. The second-order valence-corrected chi connectivity index (χ2v) is 5.37. The zero-order valence-electron chi connectivity index (χ0n) is 10.8. The van der Waals surface area contributed by atoms with Gasteiger partial charge in [-0.15, -0.1) is 0 Å². The fraction of sp³-hybridized carbons (Fsp3) is 0.600. The fourth-order valence-corrected chi connectivity index (χ4v) is 3.10. The molecule has 1 N–H and O–H groups in total. The van der Waals surface area contributed by atoms with Gasteiger partial charge in [-0.25, -0.2) is 4.39 Å². The predicted molar refractivity (Wildman–Crippen MR) is 68.0 cm³/mol. The summed E-state index contributed by atoms with van der Waals surface area (Å²) in [7, 11) is 0. The van der Waals surface area contributed by atoms with E-state index < -0.39 is 18.0 Å². The minimum absolute atomic E-state index is 0.152. The molecule has 4 heteroatoms. The quantitative estimate of drug-likeness (QED) is 0.894. The van der Waals surface area contributed by atoms with Crippen LogP contribution >= 0.6 is 0 Å². The van der Waals surface area contributed by atoms with Crippen molar-refractivity contribution in [3.63, 3.8) is 0 Å². The molecule has 3 rings (SSSR count). The summed E-state index contributed by atoms with van der Waals surface area (Å²) in [4.78, 5) is 0. The van der Waals surface area contributed by atoms with Crippen LogP contribution in [0.2, 0.25) is 0 Å². The van der Waals surface area contributed by atoms with E-state index in [9.17, 15) is 9.50 Å². The van der Waals surface area contributed by atoms with Crippen LogP contribution in [0.3, 0.4) is 0 Å². The lowest BCUT2D eigenvalue weighted by molar-refractivity contribution is -0.196. The first-order valence-corrected chi connectivity index (χ1v) is 6.95. The molecule has 0 amide bonds. The molecule has 2 fully saturated rings. The summed E-state index contributed by atoms with van der Waals surface area (Å²) in [5.41, 5.74) is 0.476. The Morgan fingerprint density at radius 1 is 1.16 bits per heavy atom. The van der Waals surface area contributed by atoms with Crippen molar-refractivity contribution in [1.29, 1.82) is 0 Å². The van der Waals surface area contributed by atoms with Crippen LogP contribution < -0.4 is 0 Å². The summed E-state index contributed by atoms with van der Waals surface area (Å²) in [6.07, 6.45) is 3.97. The first-order valence-electron chi connectivity index (χ1n) is 6.95. The Bertz CT molecular complexity index is 443. The molecule has 0 unspecified atom stereocenters. The highest BCUT2D eigenvalue weighted by Crippen LogP contribution is 2.46. The molecule has 1 spiro atoms. The number of aliphatic hydroxyl groups is 1. The lowest BCUT2D eigenvalue weighted by Crippen LogP contribution is -2.33. The fourth-order valence-electron chi connectivity index (χ4n) is 3.10. The maximum absolute atomic E-state index is 13.9. The summed E-state index contributed by atoms with van der Waals surface area (Å²) >= 11 is 0. The van der Waals surface area contributed by atoms with Gasteiger partial charge in [0.15, 0.2) is 5.79 Å². The van der Waals surface area contributed by atoms with E-state index in [0.717, 1.165) is 25.7 Å². The zero-order valence-corrected chi connectivity index (χ0v) is 10.8. The van der Waals surface area contributed by atoms with Crippen LogP contribution in [0.1, 0.15) is 43.8 Å².